The van der Waals surface area contributed by atoms with Gasteiger partial charge in [0.05, 0.1) is 0 Å². The number of Topliss-reactive ketones (excluding diaryl/α,β-unsaturated/α-hetero) is 1. The Morgan fingerprint density at radius 2 is 2.08 bits per heavy atom. The number of rotatable bonds is 4. The monoisotopic (exact) mass is 170 g/mol. The van der Waals surface area contributed by atoms with Crippen LogP contribution in [0, 0.1) is 5.92 Å². The molecule has 70 valence electrons. The Labute approximate surface area is 74.3 Å². The van der Waals surface area contributed by atoms with Crippen LogP contribution >= 0.6 is 0 Å². The molecule has 1 atom stereocenters. The first kappa shape index (κ1) is 9.72. The van der Waals surface area contributed by atoms with Crippen molar-refractivity contribution in [3.05, 3.63) is 0 Å². The molecule has 0 radical (unpaired) electrons. The standard InChI is InChI=1S/C10H18O2/c1-3-12-8(2)10(11)9-6-4-5-7-9/h8-9H,3-7H2,1-2H3. The predicted molar refractivity (Wildman–Crippen MR) is 48.1 cm³/mol. The summed E-state index contributed by atoms with van der Waals surface area (Å²) in [4.78, 5) is 11.6. The summed E-state index contributed by atoms with van der Waals surface area (Å²) in [5, 5.41) is 0. The number of ether oxygens (including phenoxy) is 1. The zero-order chi connectivity index (χ0) is 8.97. The second kappa shape index (κ2) is 4.61. The Balaban J connectivity index is 2.34. The Hall–Kier alpha value is -0.370. The van der Waals surface area contributed by atoms with E-state index in [-0.39, 0.29) is 6.10 Å². The van der Waals surface area contributed by atoms with Crippen LogP contribution in [0.2, 0.25) is 0 Å². The molecule has 1 fully saturated rings. The van der Waals surface area contributed by atoms with Gasteiger partial charge in [0.1, 0.15) is 6.10 Å². The lowest BCUT2D eigenvalue weighted by molar-refractivity contribution is -0.133. The van der Waals surface area contributed by atoms with Crippen molar-refractivity contribution < 1.29 is 9.53 Å². The minimum atomic E-state index is -0.182. The van der Waals surface area contributed by atoms with Crippen LogP contribution in [0.1, 0.15) is 39.5 Å². The lowest BCUT2D eigenvalue weighted by atomic mass is 9.99. The van der Waals surface area contributed by atoms with E-state index in [4.69, 9.17) is 4.74 Å². The van der Waals surface area contributed by atoms with Gasteiger partial charge in [-0.1, -0.05) is 12.8 Å². The summed E-state index contributed by atoms with van der Waals surface area (Å²) in [7, 11) is 0. The van der Waals surface area contributed by atoms with E-state index in [1.807, 2.05) is 13.8 Å². The van der Waals surface area contributed by atoms with Gasteiger partial charge in [0.2, 0.25) is 0 Å². The van der Waals surface area contributed by atoms with E-state index in [9.17, 15) is 4.79 Å². The zero-order valence-corrected chi connectivity index (χ0v) is 8.01. The molecule has 0 saturated heterocycles. The minimum Gasteiger partial charge on any atom is -0.371 e. The lowest BCUT2D eigenvalue weighted by Gasteiger charge is -2.14. The number of hydrogen-bond acceptors (Lipinski definition) is 2. The molecule has 0 heterocycles. The Morgan fingerprint density at radius 1 is 1.50 bits per heavy atom. The third-order valence-electron chi connectivity index (χ3n) is 2.57. The third kappa shape index (κ3) is 2.31. The smallest absolute Gasteiger partial charge is 0.164 e. The molecule has 0 amide bonds. The second-order valence-electron chi connectivity index (χ2n) is 3.48. The molecule has 0 aromatic carbocycles. The molecule has 1 aliphatic rings. The Kier molecular flexibility index (Phi) is 3.73. The van der Waals surface area contributed by atoms with Gasteiger partial charge in [0.25, 0.3) is 0 Å². The van der Waals surface area contributed by atoms with Crippen molar-refractivity contribution in [1.82, 2.24) is 0 Å². The average Bonchev–Trinajstić information content (AvgIpc) is 2.55. The number of carbonyl (C=O) groups is 1. The van der Waals surface area contributed by atoms with Crippen molar-refractivity contribution >= 4 is 5.78 Å². The molecule has 1 rings (SSSR count). The highest BCUT2D eigenvalue weighted by molar-refractivity contribution is 5.85. The molecule has 1 unspecified atom stereocenters. The molecule has 12 heavy (non-hydrogen) atoms. The number of hydrogen-bond donors (Lipinski definition) is 0. The first-order valence-corrected chi connectivity index (χ1v) is 4.91. The van der Waals surface area contributed by atoms with Crippen molar-refractivity contribution in [3.63, 3.8) is 0 Å². The summed E-state index contributed by atoms with van der Waals surface area (Å²) in [5.74, 6) is 0.612. The quantitative estimate of drug-likeness (QED) is 0.646. The van der Waals surface area contributed by atoms with Crippen molar-refractivity contribution in [3.8, 4) is 0 Å². The third-order valence-corrected chi connectivity index (χ3v) is 2.57. The van der Waals surface area contributed by atoms with E-state index in [0.717, 1.165) is 12.8 Å². The molecule has 0 bridgehead atoms. The summed E-state index contributed by atoms with van der Waals surface area (Å²) < 4.78 is 5.27. The van der Waals surface area contributed by atoms with Gasteiger partial charge < -0.3 is 4.74 Å². The van der Waals surface area contributed by atoms with E-state index in [2.05, 4.69) is 0 Å². The zero-order valence-electron chi connectivity index (χ0n) is 8.01. The van der Waals surface area contributed by atoms with Gasteiger partial charge in [-0.3, -0.25) is 4.79 Å². The number of ketones is 1. The highest BCUT2D eigenvalue weighted by atomic mass is 16.5. The predicted octanol–water partition coefficient (Wildman–Crippen LogP) is 2.17. The summed E-state index contributed by atoms with van der Waals surface area (Å²) in [6, 6.07) is 0. The highest BCUT2D eigenvalue weighted by Gasteiger charge is 2.26. The van der Waals surface area contributed by atoms with E-state index >= 15 is 0 Å². The lowest BCUT2D eigenvalue weighted by Crippen LogP contribution is -2.26. The van der Waals surface area contributed by atoms with Crippen LogP contribution in [0.25, 0.3) is 0 Å². The molecule has 1 saturated carbocycles. The normalized spacial score (nSPS) is 21.2. The SMILES string of the molecule is CCOC(C)C(=O)C1CCCC1. The largest absolute Gasteiger partial charge is 0.371 e. The van der Waals surface area contributed by atoms with Crippen LogP contribution in [-0.4, -0.2) is 18.5 Å². The van der Waals surface area contributed by atoms with Crippen LogP contribution in [0.4, 0.5) is 0 Å². The molecular formula is C10H18O2. The van der Waals surface area contributed by atoms with Gasteiger partial charge in [-0.25, -0.2) is 0 Å². The fourth-order valence-electron chi connectivity index (χ4n) is 1.87. The van der Waals surface area contributed by atoms with Crippen molar-refractivity contribution in [1.29, 1.82) is 0 Å². The summed E-state index contributed by atoms with van der Waals surface area (Å²) in [6.07, 6.45) is 4.41. The van der Waals surface area contributed by atoms with Crippen LogP contribution in [0.15, 0.2) is 0 Å². The van der Waals surface area contributed by atoms with Gasteiger partial charge in [-0.15, -0.1) is 0 Å². The molecule has 0 spiro atoms. The van der Waals surface area contributed by atoms with Gasteiger partial charge in [0, 0.05) is 12.5 Å². The maximum Gasteiger partial charge on any atom is 0.164 e. The minimum absolute atomic E-state index is 0.182. The molecule has 2 heteroatoms. The molecule has 0 aliphatic heterocycles. The van der Waals surface area contributed by atoms with E-state index < -0.39 is 0 Å². The van der Waals surface area contributed by atoms with E-state index in [1.165, 1.54) is 12.8 Å². The van der Waals surface area contributed by atoms with Crippen molar-refractivity contribution in [2.24, 2.45) is 5.92 Å². The van der Waals surface area contributed by atoms with Crippen molar-refractivity contribution in [2.75, 3.05) is 6.61 Å². The summed E-state index contributed by atoms with van der Waals surface area (Å²) in [6.45, 7) is 4.43. The van der Waals surface area contributed by atoms with Gasteiger partial charge in [0.15, 0.2) is 5.78 Å². The fraction of sp³-hybridized carbons (Fsp3) is 0.900. The van der Waals surface area contributed by atoms with Gasteiger partial charge in [-0.2, -0.15) is 0 Å². The second-order valence-corrected chi connectivity index (χ2v) is 3.48. The van der Waals surface area contributed by atoms with Crippen LogP contribution < -0.4 is 0 Å². The Bertz CT molecular complexity index is 148. The summed E-state index contributed by atoms with van der Waals surface area (Å²) >= 11 is 0. The maximum atomic E-state index is 11.6. The Morgan fingerprint density at radius 3 is 2.58 bits per heavy atom. The first-order chi connectivity index (χ1) is 5.75. The van der Waals surface area contributed by atoms with Gasteiger partial charge in [-0.05, 0) is 26.7 Å². The maximum absolute atomic E-state index is 11.6. The van der Waals surface area contributed by atoms with Crippen molar-refractivity contribution in [2.45, 2.75) is 45.6 Å². The first-order valence-electron chi connectivity index (χ1n) is 4.91. The molecular weight excluding hydrogens is 152 g/mol. The van der Waals surface area contributed by atoms with Crippen LogP contribution in [0.5, 0.6) is 0 Å². The van der Waals surface area contributed by atoms with E-state index in [1.54, 1.807) is 0 Å². The molecule has 0 aromatic rings. The fourth-order valence-corrected chi connectivity index (χ4v) is 1.87. The van der Waals surface area contributed by atoms with Crippen LogP contribution in [-0.2, 0) is 9.53 Å². The highest BCUT2D eigenvalue weighted by Crippen LogP contribution is 2.26. The molecule has 2 nitrogen and oxygen atoms in total. The number of carbonyl (C=O) groups excluding carboxylic acids is 1. The molecule has 1 aliphatic carbocycles. The average molecular weight is 170 g/mol. The van der Waals surface area contributed by atoms with Crippen LogP contribution in [0.3, 0.4) is 0 Å². The summed E-state index contributed by atoms with van der Waals surface area (Å²) in [5.41, 5.74) is 0. The topological polar surface area (TPSA) is 26.3 Å². The van der Waals surface area contributed by atoms with Gasteiger partial charge >= 0.3 is 0 Å². The molecule has 0 N–H and O–H groups in total. The molecule has 0 aromatic heterocycles. The van der Waals surface area contributed by atoms with E-state index in [0.29, 0.717) is 18.3 Å².